The highest BCUT2D eigenvalue weighted by atomic mass is 19.1. The quantitative estimate of drug-likeness (QED) is 0.822. The second kappa shape index (κ2) is 4.77. The van der Waals surface area contributed by atoms with Gasteiger partial charge in [0.2, 0.25) is 0 Å². The van der Waals surface area contributed by atoms with E-state index in [1.807, 2.05) is 0 Å². The van der Waals surface area contributed by atoms with Gasteiger partial charge in [-0.2, -0.15) is 0 Å². The molecule has 1 aliphatic rings. The zero-order valence-electron chi connectivity index (χ0n) is 8.87. The zero-order valence-corrected chi connectivity index (χ0v) is 8.87. The normalized spacial score (nSPS) is 20.2. The molecule has 0 aromatic heterocycles. The van der Waals surface area contributed by atoms with Crippen LogP contribution in [0.25, 0.3) is 0 Å². The molecule has 4 nitrogen and oxygen atoms in total. The second-order valence-corrected chi connectivity index (χ2v) is 3.72. The van der Waals surface area contributed by atoms with E-state index >= 15 is 0 Å². The Balaban J connectivity index is 2.35. The molecule has 0 amide bonds. The smallest absolute Gasteiger partial charge is 0.338 e. The molecule has 0 saturated carbocycles. The third-order valence-corrected chi connectivity index (χ3v) is 2.59. The van der Waals surface area contributed by atoms with Crippen molar-refractivity contribution in [3.8, 4) is 0 Å². The van der Waals surface area contributed by atoms with Gasteiger partial charge in [-0.1, -0.05) is 0 Å². The minimum Gasteiger partial charge on any atom is -0.478 e. The van der Waals surface area contributed by atoms with Gasteiger partial charge in [0.1, 0.15) is 11.6 Å². The van der Waals surface area contributed by atoms with Crippen LogP contribution in [0.3, 0.4) is 0 Å². The Morgan fingerprint density at radius 3 is 2.76 bits per heavy atom. The van der Waals surface area contributed by atoms with E-state index in [0.29, 0.717) is 25.8 Å². The average molecular weight is 243 g/mol. The number of carboxylic acid groups (broad SMARTS) is 1. The van der Waals surface area contributed by atoms with Crippen LogP contribution in [0, 0.1) is 11.6 Å². The molecular weight excluding hydrogens is 232 g/mol. The summed E-state index contributed by atoms with van der Waals surface area (Å²) >= 11 is 0. The van der Waals surface area contributed by atoms with E-state index in [-0.39, 0.29) is 5.56 Å². The third kappa shape index (κ3) is 2.42. The van der Waals surface area contributed by atoms with Gasteiger partial charge >= 0.3 is 5.97 Å². The molecule has 1 saturated heterocycles. The van der Waals surface area contributed by atoms with Crippen molar-refractivity contribution in [2.24, 2.45) is 0 Å². The van der Waals surface area contributed by atoms with Crippen LogP contribution in [-0.4, -0.2) is 30.8 Å². The molecule has 1 aromatic carbocycles. The van der Waals surface area contributed by atoms with E-state index in [4.69, 9.17) is 9.84 Å². The van der Waals surface area contributed by atoms with Gasteiger partial charge < -0.3 is 15.2 Å². The molecule has 1 unspecified atom stereocenters. The molecule has 2 rings (SSSR count). The van der Waals surface area contributed by atoms with Gasteiger partial charge in [0.25, 0.3) is 0 Å². The maximum Gasteiger partial charge on any atom is 0.338 e. The second-order valence-electron chi connectivity index (χ2n) is 3.72. The predicted molar refractivity (Wildman–Crippen MR) is 54.9 cm³/mol. The number of carboxylic acids is 1. The van der Waals surface area contributed by atoms with Gasteiger partial charge in [0.05, 0.1) is 18.3 Å². The molecule has 1 aliphatic heterocycles. The molecule has 2 N–H and O–H groups in total. The molecule has 1 heterocycles. The van der Waals surface area contributed by atoms with Crippen LogP contribution in [-0.2, 0) is 4.74 Å². The first-order valence-corrected chi connectivity index (χ1v) is 5.14. The van der Waals surface area contributed by atoms with Crippen LogP contribution >= 0.6 is 0 Å². The van der Waals surface area contributed by atoms with Crippen molar-refractivity contribution in [1.82, 2.24) is 5.32 Å². The Morgan fingerprint density at radius 1 is 1.41 bits per heavy atom. The monoisotopic (exact) mass is 243 g/mol. The molecule has 0 spiro atoms. The predicted octanol–water partition coefficient (Wildman–Crippen LogP) is 1.32. The van der Waals surface area contributed by atoms with E-state index in [2.05, 4.69) is 5.32 Å². The van der Waals surface area contributed by atoms with Crippen LogP contribution in [0.15, 0.2) is 12.1 Å². The van der Waals surface area contributed by atoms with Crippen molar-refractivity contribution in [1.29, 1.82) is 0 Å². The number of benzene rings is 1. The van der Waals surface area contributed by atoms with Crippen LogP contribution in [0.5, 0.6) is 0 Å². The Morgan fingerprint density at radius 2 is 2.18 bits per heavy atom. The molecule has 0 bridgehead atoms. The SMILES string of the molecule is O=C(O)c1cc(F)c(C2CNCCO2)cc1F. The molecule has 17 heavy (non-hydrogen) atoms. The molecule has 92 valence electrons. The summed E-state index contributed by atoms with van der Waals surface area (Å²) in [7, 11) is 0. The lowest BCUT2D eigenvalue weighted by atomic mass is 10.0. The number of carbonyl (C=O) groups is 1. The van der Waals surface area contributed by atoms with Crippen molar-refractivity contribution in [2.45, 2.75) is 6.10 Å². The van der Waals surface area contributed by atoms with Crippen LogP contribution < -0.4 is 5.32 Å². The maximum atomic E-state index is 13.6. The molecule has 1 aromatic rings. The molecule has 1 fully saturated rings. The first-order valence-electron chi connectivity index (χ1n) is 5.14. The largest absolute Gasteiger partial charge is 0.478 e. The van der Waals surface area contributed by atoms with Gasteiger partial charge in [-0.25, -0.2) is 13.6 Å². The number of rotatable bonds is 2. The highest BCUT2D eigenvalue weighted by Crippen LogP contribution is 2.24. The average Bonchev–Trinajstić information content (AvgIpc) is 2.32. The van der Waals surface area contributed by atoms with Crippen molar-refractivity contribution in [3.63, 3.8) is 0 Å². The van der Waals surface area contributed by atoms with E-state index in [1.165, 1.54) is 0 Å². The minimum absolute atomic E-state index is 0.0414. The summed E-state index contributed by atoms with van der Waals surface area (Å²) in [4.78, 5) is 10.6. The van der Waals surface area contributed by atoms with Crippen LogP contribution in [0.2, 0.25) is 0 Å². The standard InChI is InChI=1S/C11H11F2NO3/c12-8-4-7(11(15)16)9(13)3-6(8)10-5-14-1-2-17-10/h3-4,10,14H,1-2,5H2,(H,15,16). The van der Waals surface area contributed by atoms with Crippen molar-refractivity contribution in [3.05, 3.63) is 34.9 Å². The zero-order chi connectivity index (χ0) is 12.4. The summed E-state index contributed by atoms with van der Waals surface area (Å²) in [5.41, 5.74) is -0.630. The lowest BCUT2D eigenvalue weighted by Gasteiger charge is -2.24. The number of ether oxygens (including phenoxy) is 1. The van der Waals surface area contributed by atoms with Gasteiger partial charge in [-0.3, -0.25) is 0 Å². The first kappa shape index (κ1) is 11.9. The summed E-state index contributed by atoms with van der Waals surface area (Å²) in [6, 6.07) is 1.57. The fourth-order valence-corrected chi connectivity index (χ4v) is 1.74. The van der Waals surface area contributed by atoms with E-state index in [1.54, 1.807) is 0 Å². The Hall–Kier alpha value is -1.53. The van der Waals surface area contributed by atoms with Crippen LogP contribution in [0.1, 0.15) is 22.0 Å². The third-order valence-electron chi connectivity index (χ3n) is 2.59. The summed E-state index contributed by atoms with van der Waals surface area (Å²) < 4.78 is 32.3. The van der Waals surface area contributed by atoms with Gasteiger partial charge in [-0.05, 0) is 12.1 Å². The number of nitrogens with one attached hydrogen (secondary N) is 1. The van der Waals surface area contributed by atoms with E-state index in [9.17, 15) is 13.6 Å². The molecular formula is C11H11F2NO3. The highest BCUT2D eigenvalue weighted by molar-refractivity contribution is 5.88. The van der Waals surface area contributed by atoms with Gasteiger partial charge in [-0.15, -0.1) is 0 Å². The topological polar surface area (TPSA) is 58.6 Å². The van der Waals surface area contributed by atoms with E-state index < -0.39 is 29.3 Å². The Bertz CT molecular complexity index is 445. The molecule has 1 atom stereocenters. The fraction of sp³-hybridized carbons (Fsp3) is 0.364. The number of halogens is 2. The molecule has 6 heteroatoms. The summed E-state index contributed by atoms with van der Waals surface area (Å²) in [6.45, 7) is 1.45. The Labute approximate surface area is 96.2 Å². The summed E-state index contributed by atoms with van der Waals surface area (Å²) in [5.74, 6) is -3.21. The van der Waals surface area contributed by atoms with Crippen molar-refractivity contribution < 1.29 is 23.4 Å². The number of morpholine rings is 1. The minimum atomic E-state index is -1.49. The van der Waals surface area contributed by atoms with Gasteiger partial charge in [0, 0.05) is 18.7 Å². The summed E-state index contributed by atoms with van der Waals surface area (Å²) in [6.07, 6.45) is -0.582. The summed E-state index contributed by atoms with van der Waals surface area (Å²) in [5, 5.41) is 11.6. The lowest BCUT2D eigenvalue weighted by molar-refractivity contribution is 0.0252. The number of hydrogen-bond acceptors (Lipinski definition) is 3. The first-order chi connectivity index (χ1) is 8.09. The Kier molecular flexibility index (Phi) is 3.35. The maximum absolute atomic E-state index is 13.6. The fourth-order valence-electron chi connectivity index (χ4n) is 1.74. The molecule has 0 aliphatic carbocycles. The molecule has 0 radical (unpaired) electrons. The van der Waals surface area contributed by atoms with Crippen molar-refractivity contribution in [2.75, 3.05) is 19.7 Å². The van der Waals surface area contributed by atoms with E-state index in [0.717, 1.165) is 6.07 Å². The number of hydrogen-bond donors (Lipinski definition) is 2. The highest BCUT2D eigenvalue weighted by Gasteiger charge is 2.23. The van der Waals surface area contributed by atoms with Gasteiger partial charge in [0.15, 0.2) is 0 Å². The number of aromatic carboxylic acids is 1. The lowest BCUT2D eigenvalue weighted by Crippen LogP contribution is -2.33. The van der Waals surface area contributed by atoms with Crippen LogP contribution in [0.4, 0.5) is 8.78 Å². The van der Waals surface area contributed by atoms with Crippen molar-refractivity contribution >= 4 is 5.97 Å².